The zero-order valence-electron chi connectivity index (χ0n) is 13.8. The Labute approximate surface area is 149 Å². The van der Waals surface area contributed by atoms with Crippen LogP contribution in [0.5, 0.6) is 0 Å². The molecule has 130 valence electrons. The van der Waals surface area contributed by atoms with Crippen molar-refractivity contribution in [1.29, 1.82) is 0 Å². The Balaban J connectivity index is 1.63. The molecule has 0 aliphatic carbocycles. The summed E-state index contributed by atoms with van der Waals surface area (Å²) in [5.74, 6) is -0.00300. The van der Waals surface area contributed by atoms with Gasteiger partial charge in [0.05, 0.1) is 10.3 Å². The Morgan fingerprint density at radius 1 is 1.12 bits per heavy atom. The maximum absolute atomic E-state index is 12.8. The first-order chi connectivity index (χ1) is 12.6. The number of benzene rings is 2. The first kappa shape index (κ1) is 16.0. The molecular weight excluding hydrogens is 332 g/mol. The van der Waals surface area contributed by atoms with Gasteiger partial charge in [-0.25, -0.2) is 0 Å². The van der Waals surface area contributed by atoms with Gasteiger partial charge in [-0.3, -0.25) is 19.9 Å². The molecule has 3 aromatic rings. The summed E-state index contributed by atoms with van der Waals surface area (Å²) in [6.45, 7) is 0.632. The molecule has 0 bridgehead atoms. The zero-order valence-corrected chi connectivity index (χ0v) is 13.8. The van der Waals surface area contributed by atoms with Crippen LogP contribution in [0.2, 0.25) is 0 Å². The van der Waals surface area contributed by atoms with Crippen molar-refractivity contribution in [3.8, 4) is 0 Å². The molecule has 1 amide bonds. The number of nitrogens with zero attached hydrogens (tertiary/aromatic N) is 3. The smallest absolute Gasteiger partial charge is 0.278 e. The molecule has 1 aromatic heterocycles. The summed E-state index contributed by atoms with van der Waals surface area (Å²) in [6, 6.07) is 14.0. The lowest BCUT2D eigenvalue weighted by Gasteiger charge is -2.18. The van der Waals surface area contributed by atoms with Crippen LogP contribution in [0.15, 0.2) is 60.9 Å². The van der Waals surface area contributed by atoms with E-state index in [1.165, 1.54) is 12.3 Å². The lowest BCUT2D eigenvalue weighted by molar-refractivity contribution is -0.383. The molecule has 26 heavy (non-hydrogen) atoms. The van der Waals surface area contributed by atoms with Crippen molar-refractivity contribution in [2.75, 3.05) is 16.8 Å². The minimum atomic E-state index is -0.425. The number of nitro groups is 1. The molecule has 1 fully saturated rings. The topological polar surface area (TPSA) is 88.4 Å². The Kier molecular flexibility index (Phi) is 3.96. The fourth-order valence-corrected chi connectivity index (χ4v) is 3.33. The second-order valence-corrected chi connectivity index (χ2v) is 6.12. The van der Waals surface area contributed by atoms with Gasteiger partial charge in [0.15, 0.2) is 0 Å². The lowest BCUT2D eigenvalue weighted by atomic mass is 10.1. The number of rotatable bonds is 4. The summed E-state index contributed by atoms with van der Waals surface area (Å²) in [5, 5.41) is 15.6. The van der Waals surface area contributed by atoms with Crippen LogP contribution >= 0.6 is 0 Å². The summed E-state index contributed by atoms with van der Waals surface area (Å²) in [4.78, 5) is 29.3. The number of carbonyl (C=O) groups is 1. The number of nitro benzene ring substituents is 1. The molecule has 0 spiro atoms. The molecule has 1 aliphatic heterocycles. The number of nitrogens with one attached hydrogen (secondary N) is 1. The molecule has 1 atom stereocenters. The summed E-state index contributed by atoms with van der Waals surface area (Å²) in [5.41, 5.74) is 1.57. The molecule has 1 N–H and O–H groups in total. The molecular formula is C19H16N4O3. The third-order valence-corrected chi connectivity index (χ3v) is 4.59. The number of pyridine rings is 1. The van der Waals surface area contributed by atoms with E-state index in [1.807, 2.05) is 30.3 Å². The van der Waals surface area contributed by atoms with Crippen LogP contribution in [0.25, 0.3) is 10.8 Å². The third kappa shape index (κ3) is 2.73. The first-order valence-corrected chi connectivity index (χ1v) is 8.29. The number of carbonyl (C=O) groups excluding carboxylic acids is 1. The Hall–Kier alpha value is -3.48. The van der Waals surface area contributed by atoms with Crippen molar-refractivity contribution in [2.24, 2.45) is 0 Å². The highest BCUT2D eigenvalue weighted by molar-refractivity contribution is 6.04. The minimum Gasteiger partial charge on any atom is -0.373 e. The summed E-state index contributed by atoms with van der Waals surface area (Å²) >= 11 is 0. The first-order valence-electron chi connectivity index (χ1n) is 8.29. The average molecular weight is 348 g/mol. The fraction of sp³-hybridized carbons (Fsp3) is 0.158. The van der Waals surface area contributed by atoms with Gasteiger partial charge in [0, 0.05) is 41.8 Å². The SMILES string of the molecule is O=C1C(Nc2ccc([N+](=O)[O-])c3cnccc23)CCN1c1ccccc1. The predicted octanol–water partition coefficient (Wildman–Crippen LogP) is 3.36. The van der Waals surface area contributed by atoms with E-state index in [0.717, 1.165) is 5.69 Å². The molecule has 0 radical (unpaired) electrons. The van der Waals surface area contributed by atoms with Crippen LogP contribution in [-0.4, -0.2) is 28.4 Å². The van der Waals surface area contributed by atoms with Crippen LogP contribution in [0.3, 0.4) is 0 Å². The van der Waals surface area contributed by atoms with Crippen molar-refractivity contribution in [1.82, 2.24) is 4.98 Å². The molecule has 1 unspecified atom stereocenters. The minimum absolute atomic E-state index is 0.00214. The zero-order chi connectivity index (χ0) is 18.1. The molecule has 2 aromatic carbocycles. The number of hydrogen-bond acceptors (Lipinski definition) is 5. The highest BCUT2D eigenvalue weighted by atomic mass is 16.6. The molecule has 2 heterocycles. The number of non-ortho nitro benzene ring substituents is 1. The Morgan fingerprint density at radius 2 is 1.92 bits per heavy atom. The normalized spacial score (nSPS) is 16.8. The van der Waals surface area contributed by atoms with E-state index in [4.69, 9.17) is 0 Å². The second kappa shape index (κ2) is 6.44. The van der Waals surface area contributed by atoms with Gasteiger partial charge in [-0.15, -0.1) is 0 Å². The number of fused-ring (bicyclic) bond motifs is 1. The van der Waals surface area contributed by atoms with Crippen molar-refractivity contribution in [2.45, 2.75) is 12.5 Å². The maximum Gasteiger partial charge on any atom is 0.278 e. The van der Waals surface area contributed by atoms with Gasteiger partial charge in [-0.2, -0.15) is 0 Å². The molecule has 4 rings (SSSR count). The van der Waals surface area contributed by atoms with E-state index in [1.54, 1.807) is 23.2 Å². The van der Waals surface area contributed by atoms with E-state index in [9.17, 15) is 14.9 Å². The summed E-state index contributed by atoms with van der Waals surface area (Å²) in [7, 11) is 0. The van der Waals surface area contributed by atoms with E-state index in [2.05, 4.69) is 10.3 Å². The van der Waals surface area contributed by atoms with Gasteiger partial charge in [0.25, 0.3) is 5.69 Å². The van der Waals surface area contributed by atoms with Crippen molar-refractivity contribution in [3.05, 3.63) is 71.0 Å². The summed E-state index contributed by atoms with van der Waals surface area (Å²) < 4.78 is 0. The lowest BCUT2D eigenvalue weighted by Crippen LogP contribution is -2.33. The van der Waals surface area contributed by atoms with Gasteiger partial charge in [-0.05, 0) is 30.7 Å². The molecule has 1 aliphatic rings. The quantitative estimate of drug-likeness (QED) is 0.577. The highest BCUT2D eigenvalue weighted by Gasteiger charge is 2.32. The van der Waals surface area contributed by atoms with E-state index in [0.29, 0.717) is 29.4 Å². The Morgan fingerprint density at radius 3 is 2.69 bits per heavy atom. The predicted molar refractivity (Wildman–Crippen MR) is 99.2 cm³/mol. The van der Waals surface area contributed by atoms with Crippen LogP contribution in [0.4, 0.5) is 17.1 Å². The second-order valence-electron chi connectivity index (χ2n) is 6.12. The average Bonchev–Trinajstić information content (AvgIpc) is 3.03. The van der Waals surface area contributed by atoms with Gasteiger partial charge in [-0.1, -0.05) is 18.2 Å². The van der Waals surface area contributed by atoms with Gasteiger partial charge in [0.2, 0.25) is 5.91 Å². The monoisotopic (exact) mass is 348 g/mol. The number of anilines is 2. The van der Waals surface area contributed by atoms with Crippen LogP contribution in [-0.2, 0) is 4.79 Å². The maximum atomic E-state index is 12.8. The molecule has 0 saturated carbocycles. The van der Waals surface area contributed by atoms with Crippen LogP contribution < -0.4 is 10.2 Å². The largest absolute Gasteiger partial charge is 0.373 e. The molecule has 1 saturated heterocycles. The van der Waals surface area contributed by atoms with Crippen molar-refractivity contribution >= 4 is 33.7 Å². The number of aromatic nitrogens is 1. The van der Waals surface area contributed by atoms with Gasteiger partial charge < -0.3 is 10.2 Å². The number of para-hydroxylation sites is 1. The van der Waals surface area contributed by atoms with Gasteiger partial charge >= 0.3 is 0 Å². The van der Waals surface area contributed by atoms with Gasteiger partial charge in [0.1, 0.15) is 6.04 Å². The van der Waals surface area contributed by atoms with Crippen LogP contribution in [0.1, 0.15) is 6.42 Å². The standard InChI is InChI=1S/C19H16N4O3/c24-19-17(9-11-22(19)13-4-2-1-3-5-13)21-16-6-7-18(23(25)26)15-12-20-10-8-14(15)16/h1-8,10,12,17,21H,9,11H2. The Bertz CT molecular complexity index is 991. The number of amides is 1. The molecule has 7 nitrogen and oxygen atoms in total. The summed E-state index contributed by atoms with van der Waals surface area (Å²) in [6.07, 6.45) is 3.73. The number of hydrogen-bond donors (Lipinski definition) is 1. The highest BCUT2D eigenvalue weighted by Crippen LogP contribution is 2.32. The van der Waals surface area contributed by atoms with E-state index < -0.39 is 4.92 Å². The van der Waals surface area contributed by atoms with Crippen molar-refractivity contribution < 1.29 is 9.72 Å². The van der Waals surface area contributed by atoms with Crippen molar-refractivity contribution in [3.63, 3.8) is 0 Å². The van der Waals surface area contributed by atoms with E-state index >= 15 is 0 Å². The van der Waals surface area contributed by atoms with E-state index in [-0.39, 0.29) is 17.6 Å². The fourth-order valence-electron chi connectivity index (χ4n) is 3.33. The third-order valence-electron chi connectivity index (χ3n) is 4.59. The van der Waals surface area contributed by atoms with Crippen LogP contribution in [0, 0.1) is 10.1 Å². The molecule has 7 heteroatoms.